The van der Waals surface area contributed by atoms with E-state index >= 15 is 0 Å². The molecule has 0 bridgehead atoms. The lowest BCUT2D eigenvalue weighted by Gasteiger charge is -2.42. The fourth-order valence-corrected chi connectivity index (χ4v) is 4.54. The molecule has 10 heteroatoms. The lowest BCUT2D eigenvalue weighted by atomic mass is 9.97. The maximum atomic E-state index is 13.3. The van der Waals surface area contributed by atoms with Gasteiger partial charge in [0.1, 0.15) is 12.7 Å². The molecular weight excluding hydrogens is 568 g/mol. The number of esters is 4. The fraction of sp³-hybridized carbons (Fsp3) is 0.176. The highest BCUT2D eigenvalue weighted by molar-refractivity contribution is 5.91. The highest BCUT2D eigenvalue weighted by Crippen LogP contribution is 2.30. The van der Waals surface area contributed by atoms with E-state index in [-0.39, 0.29) is 22.3 Å². The molecule has 1 saturated heterocycles. The molecule has 5 rings (SSSR count). The van der Waals surface area contributed by atoms with Crippen molar-refractivity contribution in [2.45, 2.75) is 30.7 Å². The summed E-state index contributed by atoms with van der Waals surface area (Å²) in [5.41, 5.74) is 0.736. The molecule has 10 nitrogen and oxygen atoms in total. The average molecular weight is 597 g/mol. The van der Waals surface area contributed by atoms with Gasteiger partial charge in [0.15, 0.2) is 24.6 Å². The Labute approximate surface area is 252 Å². The summed E-state index contributed by atoms with van der Waals surface area (Å²) in [7, 11) is 0. The first-order valence-electron chi connectivity index (χ1n) is 13.7. The summed E-state index contributed by atoms with van der Waals surface area (Å²) in [4.78, 5) is 52.3. The largest absolute Gasteiger partial charge is 0.459 e. The Morgan fingerprint density at radius 1 is 0.500 bits per heavy atom. The molecule has 1 N–H and O–H groups in total. The van der Waals surface area contributed by atoms with Crippen LogP contribution in [-0.2, 0) is 23.7 Å². The standard InChI is InChI=1S/C34H28O10/c35-30(22-13-5-1-6-14-22)40-21-26-27(42-31(36)23-15-7-2-8-16-23)28(43-32(37)24-17-9-3-10-18-24)29(34(39)41-26)44-33(38)25-19-11-4-12-20-25/h1-20,26-29,34,39H,21H2/t26-,27+,28+,29-,34-/m1/s1. The van der Waals surface area contributed by atoms with E-state index in [0.29, 0.717) is 0 Å². The van der Waals surface area contributed by atoms with Gasteiger partial charge < -0.3 is 28.8 Å². The van der Waals surface area contributed by atoms with Gasteiger partial charge in [0.05, 0.1) is 22.3 Å². The van der Waals surface area contributed by atoms with Crippen LogP contribution in [0.4, 0.5) is 0 Å². The minimum Gasteiger partial charge on any atom is -0.459 e. The van der Waals surface area contributed by atoms with Crippen molar-refractivity contribution in [2.24, 2.45) is 0 Å². The Hall–Kier alpha value is -5.32. The zero-order valence-electron chi connectivity index (χ0n) is 23.3. The summed E-state index contributed by atoms with van der Waals surface area (Å²) in [5, 5.41) is 11.1. The molecule has 1 heterocycles. The Morgan fingerprint density at radius 2 is 0.841 bits per heavy atom. The minimum absolute atomic E-state index is 0.154. The van der Waals surface area contributed by atoms with E-state index in [1.165, 1.54) is 36.4 Å². The van der Waals surface area contributed by atoms with Crippen molar-refractivity contribution in [1.29, 1.82) is 0 Å². The van der Waals surface area contributed by atoms with Crippen LogP contribution >= 0.6 is 0 Å². The molecule has 4 aromatic rings. The van der Waals surface area contributed by atoms with Gasteiger partial charge in [0.2, 0.25) is 0 Å². The third-order valence-electron chi connectivity index (χ3n) is 6.76. The van der Waals surface area contributed by atoms with Crippen LogP contribution in [0.15, 0.2) is 121 Å². The number of benzene rings is 4. The number of ether oxygens (including phenoxy) is 5. The van der Waals surface area contributed by atoms with Gasteiger partial charge in [-0.15, -0.1) is 0 Å². The lowest BCUT2D eigenvalue weighted by molar-refractivity contribution is -0.284. The fourth-order valence-electron chi connectivity index (χ4n) is 4.54. The molecule has 0 amide bonds. The zero-order valence-corrected chi connectivity index (χ0v) is 23.3. The third kappa shape index (κ3) is 7.35. The highest BCUT2D eigenvalue weighted by Gasteiger charge is 2.52. The van der Waals surface area contributed by atoms with Crippen molar-refractivity contribution < 1.29 is 48.0 Å². The maximum absolute atomic E-state index is 13.3. The smallest absolute Gasteiger partial charge is 0.338 e. The van der Waals surface area contributed by atoms with E-state index in [1.807, 2.05) is 0 Å². The highest BCUT2D eigenvalue weighted by atomic mass is 16.7. The first-order valence-corrected chi connectivity index (χ1v) is 13.7. The number of hydrogen-bond acceptors (Lipinski definition) is 10. The van der Waals surface area contributed by atoms with E-state index in [9.17, 15) is 24.3 Å². The number of rotatable bonds is 9. The molecule has 5 atom stereocenters. The van der Waals surface area contributed by atoms with E-state index in [1.54, 1.807) is 84.9 Å². The van der Waals surface area contributed by atoms with Crippen LogP contribution < -0.4 is 0 Å². The second-order valence-electron chi connectivity index (χ2n) is 9.74. The van der Waals surface area contributed by atoms with E-state index in [0.717, 1.165) is 0 Å². The van der Waals surface area contributed by atoms with Crippen LogP contribution in [0.5, 0.6) is 0 Å². The van der Waals surface area contributed by atoms with Crippen LogP contribution in [0, 0.1) is 0 Å². The summed E-state index contributed by atoms with van der Waals surface area (Å²) in [6.07, 6.45) is -7.89. The lowest BCUT2D eigenvalue weighted by Crippen LogP contribution is -2.62. The number of carbonyl (C=O) groups excluding carboxylic acids is 4. The second-order valence-corrected chi connectivity index (χ2v) is 9.74. The van der Waals surface area contributed by atoms with Crippen molar-refractivity contribution in [3.8, 4) is 0 Å². The summed E-state index contributed by atoms with van der Waals surface area (Å²) in [6.45, 7) is -0.504. The molecular formula is C34H28O10. The van der Waals surface area contributed by atoms with Crippen LogP contribution in [0.2, 0.25) is 0 Å². The molecule has 0 saturated carbocycles. The topological polar surface area (TPSA) is 135 Å². The summed E-state index contributed by atoms with van der Waals surface area (Å²) in [5.74, 6) is -3.21. The number of aliphatic hydroxyl groups is 1. The molecule has 224 valence electrons. The Bertz CT molecular complexity index is 1560. The Balaban J connectivity index is 1.48. The van der Waals surface area contributed by atoms with Gasteiger partial charge in [-0.25, -0.2) is 19.2 Å². The summed E-state index contributed by atoms with van der Waals surface area (Å²) in [6, 6.07) is 32.1. The van der Waals surface area contributed by atoms with Crippen molar-refractivity contribution in [3.63, 3.8) is 0 Å². The van der Waals surface area contributed by atoms with Gasteiger partial charge in [-0.1, -0.05) is 72.8 Å². The van der Waals surface area contributed by atoms with Gasteiger partial charge in [-0.2, -0.15) is 0 Å². The van der Waals surface area contributed by atoms with Gasteiger partial charge in [-0.05, 0) is 48.5 Å². The number of hydrogen-bond donors (Lipinski definition) is 1. The molecule has 44 heavy (non-hydrogen) atoms. The van der Waals surface area contributed by atoms with Gasteiger partial charge in [0, 0.05) is 0 Å². The van der Waals surface area contributed by atoms with E-state index in [2.05, 4.69) is 0 Å². The zero-order chi connectivity index (χ0) is 30.9. The molecule has 1 aliphatic heterocycles. The second kappa shape index (κ2) is 14.2. The first-order chi connectivity index (χ1) is 21.4. The summed E-state index contributed by atoms with van der Waals surface area (Å²) < 4.78 is 28.4. The molecule has 0 unspecified atom stereocenters. The normalized spacial score (nSPS) is 21.0. The maximum Gasteiger partial charge on any atom is 0.338 e. The average Bonchev–Trinajstić information content (AvgIpc) is 3.07. The van der Waals surface area contributed by atoms with Crippen molar-refractivity contribution >= 4 is 23.9 Å². The summed E-state index contributed by atoms with van der Waals surface area (Å²) >= 11 is 0. The molecule has 0 aliphatic carbocycles. The first kappa shape index (κ1) is 30.1. The van der Waals surface area contributed by atoms with Gasteiger partial charge in [0.25, 0.3) is 0 Å². The van der Waals surface area contributed by atoms with Crippen LogP contribution in [0.25, 0.3) is 0 Å². The van der Waals surface area contributed by atoms with E-state index in [4.69, 9.17) is 23.7 Å². The predicted octanol–water partition coefficient (Wildman–Crippen LogP) is 4.24. The van der Waals surface area contributed by atoms with Crippen molar-refractivity contribution in [3.05, 3.63) is 144 Å². The Morgan fingerprint density at radius 3 is 1.25 bits per heavy atom. The third-order valence-corrected chi connectivity index (χ3v) is 6.76. The minimum atomic E-state index is -1.86. The molecule has 1 aliphatic rings. The van der Waals surface area contributed by atoms with Gasteiger partial charge >= 0.3 is 23.9 Å². The van der Waals surface area contributed by atoms with Gasteiger partial charge in [-0.3, -0.25) is 0 Å². The molecule has 0 aromatic heterocycles. The van der Waals surface area contributed by atoms with Crippen LogP contribution in [0.3, 0.4) is 0 Å². The van der Waals surface area contributed by atoms with Crippen molar-refractivity contribution in [1.82, 2.24) is 0 Å². The van der Waals surface area contributed by atoms with Crippen LogP contribution in [-0.4, -0.2) is 66.3 Å². The Kier molecular flexibility index (Phi) is 9.75. The molecule has 0 spiro atoms. The monoisotopic (exact) mass is 596 g/mol. The predicted molar refractivity (Wildman–Crippen MR) is 155 cm³/mol. The van der Waals surface area contributed by atoms with Crippen LogP contribution in [0.1, 0.15) is 41.4 Å². The molecule has 4 aromatic carbocycles. The number of aliphatic hydroxyl groups excluding tert-OH is 1. The SMILES string of the molecule is O=C(OC[C@H]1O[C@@H](O)[C@H](OC(=O)c2ccccc2)[C@@H](OC(=O)c2ccccc2)[C@H]1OC(=O)c1ccccc1)c1ccccc1. The quantitative estimate of drug-likeness (QED) is 0.221. The number of carbonyl (C=O) groups is 4. The molecule has 0 radical (unpaired) electrons. The van der Waals surface area contributed by atoms with E-state index < -0.39 is 61.2 Å². The molecule has 1 fully saturated rings. The van der Waals surface area contributed by atoms with Crippen molar-refractivity contribution in [2.75, 3.05) is 6.61 Å².